The van der Waals surface area contributed by atoms with Crippen molar-refractivity contribution in [2.24, 2.45) is 0 Å². The smallest absolute Gasteiger partial charge is 0.259 e. The van der Waals surface area contributed by atoms with Crippen LogP contribution in [0.5, 0.6) is 0 Å². The van der Waals surface area contributed by atoms with E-state index < -0.39 is 6.10 Å². The predicted octanol–water partition coefficient (Wildman–Crippen LogP) is 3.42. The Morgan fingerprint density at radius 3 is 2.48 bits per heavy atom. The first-order valence-corrected chi connectivity index (χ1v) is 8.28. The molecule has 25 heavy (non-hydrogen) atoms. The number of aromatic nitrogens is 3. The Hall–Kier alpha value is -2.73. The lowest BCUT2D eigenvalue weighted by atomic mass is 10.1. The molecule has 1 atom stereocenters. The summed E-state index contributed by atoms with van der Waals surface area (Å²) in [5.74, 6) is 2.13. The Bertz CT molecular complexity index is 800. The van der Waals surface area contributed by atoms with E-state index in [0.29, 0.717) is 18.3 Å². The number of hydrogen-bond donors (Lipinski definition) is 1. The van der Waals surface area contributed by atoms with E-state index in [0.717, 1.165) is 16.9 Å². The van der Waals surface area contributed by atoms with E-state index >= 15 is 0 Å². The van der Waals surface area contributed by atoms with E-state index in [2.05, 4.69) is 15.1 Å². The summed E-state index contributed by atoms with van der Waals surface area (Å²) < 4.78 is 5.28. The van der Waals surface area contributed by atoms with Crippen LogP contribution in [0.15, 0.2) is 53.2 Å². The molecule has 0 spiro atoms. The van der Waals surface area contributed by atoms with Crippen molar-refractivity contribution in [1.82, 2.24) is 15.1 Å². The zero-order valence-corrected chi connectivity index (χ0v) is 14.6. The van der Waals surface area contributed by atoms with Gasteiger partial charge in [-0.1, -0.05) is 49.3 Å². The molecule has 6 heteroatoms. The monoisotopic (exact) mass is 338 g/mol. The van der Waals surface area contributed by atoms with Crippen LogP contribution in [-0.4, -0.2) is 33.8 Å². The molecule has 1 N–H and O–H groups in total. The van der Waals surface area contributed by atoms with Crippen LogP contribution in [-0.2, 0) is 0 Å². The summed E-state index contributed by atoms with van der Waals surface area (Å²) >= 11 is 0. The lowest BCUT2D eigenvalue weighted by Gasteiger charge is -2.22. The largest absolute Gasteiger partial charge is 0.387 e. The van der Waals surface area contributed by atoms with Gasteiger partial charge in [-0.15, -0.1) is 0 Å². The topological polar surface area (TPSA) is 75.3 Å². The first-order chi connectivity index (χ1) is 12.0. The van der Waals surface area contributed by atoms with E-state index in [-0.39, 0.29) is 5.92 Å². The molecular formula is C19H22N4O2. The van der Waals surface area contributed by atoms with Gasteiger partial charge in [-0.3, -0.25) is 0 Å². The number of nitrogens with zero attached hydrogens (tertiary/aromatic N) is 4. The van der Waals surface area contributed by atoms with Gasteiger partial charge in [-0.05, 0) is 17.7 Å². The Kier molecular flexibility index (Phi) is 5.09. The van der Waals surface area contributed by atoms with Crippen LogP contribution in [0.4, 0.5) is 5.82 Å². The van der Waals surface area contributed by atoms with E-state index in [9.17, 15) is 5.11 Å². The molecule has 0 radical (unpaired) electrons. The van der Waals surface area contributed by atoms with Gasteiger partial charge in [0.25, 0.3) is 5.89 Å². The lowest BCUT2D eigenvalue weighted by molar-refractivity contribution is 0.185. The van der Waals surface area contributed by atoms with Crippen molar-refractivity contribution in [2.45, 2.75) is 25.9 Å². The van der Waals surface area contributed by atoms with Crippen molar-refractivity contribution in [3.05, 3.63) is 60.0 Å². The highest BCUT2D eigenvalue weighted by atomic mass is 16.5. The van der Waals surface area contributed by atoms with Crippen LogP contribution >= 0.6 is 0 Å². The number of aliphatic hydroxyl groups excluding tert-OH is 1. The third kappa shape index (κ3) is 4.03. The summed E-state index contributed by atoms with van der Waals surface area (Å²) in [5, 5.41) is 14.3. The molecule has 2 aromatic heterocycles. The van der Waals surface area contributed by atoms with E-state index in [1.165, 1.54) is 0 Å². The van der Waals surface area contributed by atoms with Gasteiger partial charge >= 0.3 is 0 Å². The number of hydrogen-bond acceptors (Lipinski definition) is 6. The van der Waals surface area contributed by atoms with Crippen LogP contribution < -0.4 is 4.90 Å². The number of rotatable bonds is 6. The summed E-state index contributed by atoms with van der Waals surface area (Å²) in [6.45, 7) is 4.49. The SMILES string of the molecule is CC(C)c1noc(-c2ccc(N(C)C[C@@H](O)c3ccccc3)nc2)n1. The molecule has 1 aromatic carbocycles. The number of anilines is 1. The second-order valence-electron chi connectivity index (χ2n) is 6.32. The van der Waals surface area contributed by atoms with Gasteiger partial charge in [0.1, 0.15) is 5.82 Å². The van der Waals surface area contributed by atoms with Gasteiger partial charge in [0.05, 0.1) is 11.7 Å². The van der Waals surface area contributed by atoms with Gasteiger partial charge in [0.15, 0.2) is 5.82 Å². The molecule has 0 amide bonds. The van der Waals surface area contributed by atoms with E-state index in [1.807, 2.05) is 68.3 Å². The Labute approximate surface area is 147 Å². The highest BCUT2D eigenvalue weighted by Gasteiger charge is 2.14. The van der Waals surface area contributed by atoms with Crippen molar-refractivity contribution in [2.75, 3.05) is 18.5 Å². The molecule has 0 aliphatic heterocycles. The van der Waals surface area contributed by atoms with Crippen molar-refractivity contribution >= 4 is 5.82 Å². The highest BCUT2D eigenvalue weighted by Crippen LogP contribution is 2.22. The van der Waals surface area contributed by atoms with Crippen LogP contribution in [0.1, 0.15) is 37.3 Å². The van der Waals surface area contributed by atoms with Crippen LogP contribution in [0.2, 0.25) is 0 Å². The molecule has 3 rings (SSSR count). The fourth-order valence-corrected chi connectivity index (χ4v) is 2.46. The average Bonchev–Trinajstić information content (AvgIpc) is 3.13. The summed E-state index contributed by atoms with van der Waals surface area (Å²) in [4.78, 5) is 10.7. The molecule has 0 bridgehead atoms. The van der Waals surface area contributed by atoms with Crippen molar-refractivity contribution in [1.29, 1.82) is 0 Å². The lowest BCUT2D eigenvalue weighted by Crippen LogP contribution is -2.24. The number of aliphatic hydroxyl groups is 1. The zero-order chi connectivity index (χ0) is 17.8. The molecule has 0 unspecified atom stereocenters. The third-order valence-corrected chi connectivity index (χ3v) is 3.98. The van der Waals surface area contributed by atoms with Crippen LogP contribution in [0, 0.1) is 0 Å². The molecule has 0 aliphatic rings. The van der Waals surface area contributed by atoms with Crippen LogP contribution in [0.25, 0.3) is 11.5 Å². The highest BCUT2D eigenvalue weighted by molar-refractivity contribution is 5.54. The molecule has 0 saturated carbocycles. The molecule has 0 fully saturated rings. The normalized spacial score (nSPS) is 12.4. The van der Waals surface area contributed by atoms with Gasteiger partial charge in [0.2, 0.25) is 0 Å². The standard InChI is InChI=1S/C19H22N4O2/c1-13(2)18-21-19(25-22-18)15-9-10-17(20-11-15)23(3)12-16(24)14-7-5-4-6-8-14/h4-11,13,16,24H,12H2,1-3H3/t16-/m1/s1. The average molecular weight is 338 g/mol. The Balaban J connectivity index is 1.69. The first-order valence-electron chi connectivity index (χ1n) is 8.28. The van der Waals surface area contributed by atoms with E-state index in [4.69, 9.17) is 4.52 Å². The van der Waals surface area contributed by atoms with Crippen molar-refractivity contribution in [3.8, 4) is 11.5 Å². The molecule has 6 nitrogen and oxygen atoms in total. The maximum Gasteiger partial charge on any atom is 0.259 e. The minimum Gasteiger partial charge on any atom is -0.387 e. The molecule has 0 aliphatic carbocycles. The Morgan fingerprint density at radius 2 is 1.88 bits per heavy atom. The minimum atomic E-state index is -0.572. The second-order valence-corrected chi connectivity index (χ2v) is 6.32. The molecular weight excluding hydrogens is 316 g/mol. The van der Waals surface area contributed by atoms with Crippen molar-refractivity contribution in [3.63, 3.8) is 0 Å². The quantitative estimate of drug-likeness (QED) is 0.742. The van der Waals surface area contributed by atoms with Gasteiger partial charge < -0.3 is 14.5 Å². The number of benzene rings is 1. The number of pyridine rings is 1. The van der Waals surface area contributed by atoms with Gasteiger partial charge in [-0.25, -0.2) is 4.98 Å². The fraction of sp³-hybridized carbons (Fsp3) is 0.316. The van der Waals surface area contributed by atoms with Gasteiger partial charge in [-0.2, -0.15) is 4.98 Å². The Morgan fingerprint density at radius 1 is 1.12 bits per heavy atom. The summed E-state index contributed by atoms with van der Waals surface area (Å²) in [6, 6.07) is 13.4. The molecule has 3 aromatic rings. The molecule has 130 valence electrons. The maximum absolute atomic E-state index is 10.3. The summed E-state index contributed by atoms with van der Waals surface area (Å²) in [7, 11) is 1.90. The second kappa shape index (κ2) is 7.44. The third-order valence-electron chi connectivity index (χ3n) is 3.98. The minimum absolute atomic E-state index is 0.218. The first kappa shape index (κ1) is 17.1. The number of likely N-dealkylation sites (N-methyl/N-ethyl adjacent to an activating group) is 1. The van der Waals surface area contributed by atoms with Crippen molar-refractivity contribution < 1.29 is 9.63 Å². The maximum atomic E-state index is 10.3. The fourth-order valence-electron chi connectivity index (χ4n) is 2.46. The molecule has 2 heterocycles. The van der Waals surface area contributed by atoms with E-state index in [1.54, 1.807) is 6.20 Å². The van der Waals surface area contributed by atoms with Gasteiger partial charge in [0, 0.05) is 25.7 Å². The van der Waals surface area contributed by atoms with Crippen LogP contribution in [0.3, 0.4) is 0 Å². The predicted molar refractivity (Wildman–Crippen MR) is 96.3 cm³/mol. The summed E-state index contributed by atoms with van der Waals surface area (Å²) in [6.07, 6.45) is 1.13. The molecule has 0 saturated heterocycles. The zero-order valence-electron chi connectivity index (χ0n) is 14.6. The summed E-state index contributed by atoms with van der Waals surface area (Å²) in [5.41, 5.74) is 1.67.